The van der Waals surface area contributed by atoms with Gasteiger partial charge < -0.3 is 5.73 Å². The Kier molecular flexibility index (Phi) is 2.81. The average Bonchev–Trinajstić information content (AvgIpc) is 2.34. The summed E-state index contributed by atoms with van der Waals surface area (Å²) in [5.74, 6) is 0.599. The quantitative estimate of drug-likeness (QED) is 0.728. The third kappa shape index (κ3) is 2.30. The molecular weight excluding hydrogens is 152 g/mol. The summed E-state index contributed by atoms with van der Waals surface area (Å²) in [5, 5.41) is 7.79. The number of aromatic nitrogens is 3. The maximum atomic E-state index is 5.89. The largest absolute Gasteiger partial charge is 0.323 e. The summed E-state index contributed by atoms with van der Waals surface area (Å²) in [6.45, 7) is 4.30. The van der Waals surface area contributed by atoms with Crippen LogP contribution in [-0.2, 0) is 7.05 Å². The zero-order chi connectivity index (χ0) is 9.14. The van der Waals surface area contributed by atoms with Crippen LogP contribution < -0.4 is 5.73 Å². The van der Waals surface area contributed by atoms with Gasteiger partial charge in [-0.1, -0.05) is 19.1 Å². The van der Waals surface area contributed by atoms with E-state index in [9.17, 15) is 0 Å². The average molecular weight is 168 g/mol. The van der Waals surface area contributed by atoms with Gasteiger partial charge in [0.1, 0.15) is 0 Å². The first-order valence-electron chi connectivity index (χ1n) is 4.21. The normalized spacial score (nSPS) is 13.8. The van der Waals surface area contributed by atoms with Crippen LogP contribution in [0.4, 0.5) is 0 Å². The summed E-state index contributed by atoms with van der Waals surface area (Å²) >= 11 is 0. The van der Waals surface area contributed by atoms with Gasteiger partial charge >= 0.3 is 0 Å². The molecule has 0 radical (unpaired) electrons. The molecule has 0 aliphatic carbocycles. The van der Waals surface area contributed by atoms with E-state index in [-0.39, 0.29) is 6.04 Å². The lowest BCUT2D eigenvalue weighted by molar-refractivity contribution is 0.501. The highest BCUT2D eigenvalue weighted by Gasteiger charge is 2.10. The Hall–Kier alpha value is -0.900. The van der Waals surface area contributed by atoms with Gasteiger partial charge in [-0.25, -0.2) is 0 Å². The molecule has 0 aliphatic heterocycles. The van der Waals surface area contributed by atoms with Crippen molar-refractivity contribution in [2.75, 3.05) is 0 Å². The van der Waals surface area contributed by atoms with E-state index in [1.54, 1.807) is 4.68 Å². The molecule has 1 aromatic rings. The SMILES string of the molecule is CC(C)CC(N)c1cn(C)nn1. The molecule has 0 spiro atoms. The zero-order valence-electron chi connectivity index (χ0n) is 7.86. The van der Waals surface area contributed by atoms with E-state index in [2.05, 4.69) is 24.2 Å². The van der Waals surface area contributed by atoms with Crippen LogP contribution >= 0.6 is 0 Å². The van der Waals surface area contributed by atoms with Crippen LogP contribution in [0.3, 0.4) is 0 Å². The Balaban J connectivity index is 2.58. The minimum absolute atomic E-state index is 0.0266. The molecule has 0 aromatic carbocycles. The lowest BCUT2D eigenvalue weighted by atomic mass is 10.0. The van der Waals surface area contributed by atoms with Crippen LogP contribution in [0.2, 0.25) is 0 Å². The summed E-state index contributed by atoms with van der Waals surface area (Å²) in [6, 6.07) is 0.0266. The first-order valence-corrected chi connectivity index (χ1v) is 4.21. The number of nitrogens with zero attached hydrogens (tertiary/aromatic N) is 3. The van der Waals surface area contributed by atoms with Gasteiger partial charge in [-0.3, -0.25) is 4.68 Å². The van der Waals surface area contributed by atoms with E-state index in [4.69, 9.17) is 5.73 Å². The van der Waals surface area contributed by atoms with Gasteiger partial charge in [0.05, 0.1) is 11.7 Å². The third-order valence-electron chi connectivity index (χ3n) is 1.73. The number of rotatable bonds is 3. The first-order chi connectivity index (χ1) is 5.59. The van der Waals surface area contributed by atoms with Gasteiger partial charge in [0.15, 0.2) is 0 Å². The lowest BCUT2D eigenvalue weighted by Gasteiger charge is -2.09. The molecule has 1 rings (SSSR count). The highest BCUT2D eigenvalue weighted by molar-refractivity contribution is 4.99. The molecule has 12 heavy (non-hydrogen) atoms. The second-order valence-corrected chi connectivity index (χ2v) is 3.55. The van der Waals surface area contributed by atoms with Gasteiger partial charge in [0.25, 0.3) is 0 Å². The van der Waals surface area contributed by atoms with Gasteiger partial charge in [-0.15, -0.1) is 5.10 Å². The van der Waals surface area contributed by atoms with Crippen LogP contribution in [0.15, 0.2) is 6.20 Å². The van der Waals surface area contributed by atoms with Crippen molar-refractivity contribution < 1.29 is 0 Å². The molecule has 1 heterocycles. The van der Waals surface area contributed by atoms with E-state index in [1.165, 1.54) is 0 Å². The summed E-state index contributed by atoms with van der Waals surface area (Å²) in [6.07, 6.45) is 2.83. The molecule has 0 bridgehead atoms. The van der Waals surface area contributed by atoms with Crippen molar-refractivity contribution in [1.29, 1.82) is 0 Å². The number of nitrogens with two attached hydrogens (primary N) is 1. The van der Waals surface area contributed by atoms with Crippen molar-refractivity contribution >= 4 is 0 Å². The minimum atomic E-state index is 0.0266. The Bertz CT molecular complexity index is 241. The van der Waals surface area contributed by atoms with Crippen molar-refractivity contribution in [1.82, 2.24) is 15.0 Å². The Morgan fingerprint density at radius 1 is 1.58 bits per heavy atom. The fourth-order valence-corrected chi connectivity index (χ4v) is 1.16. The molecule has 1 unspecified atom stereocenters. The van der Waals surface area contributed by atoms with E-state index >= 15 is 0 Å². The molecule has 0 aliphatic rings. The van der Waals surface area contributed by atoms with Gasteiger partial charge in [0, 0.05) is 13.2 Å². The highest BCUT2D eigenvalue weighted by Crippen LogP contribution is 2.15. The smallest absolute Gasteiger partial charge is 0.0994 e. The van der Waals surface area contributed by atoms with Gasteiger partial charge in [-0.2, -0.15) is 0 Å². The van der Waals surface area contributed by atoms with Crippen LogP contribution in [0.5, 0.6) is 0 Å². The number of hydrogen-bond acceptors (Lipinski definition) is 3. The Morgan fingerprint density at radius 3 is 2.67 bits per heavy atom. The third-order valence-corrected chi connectivity index (χ3v) is 1.73. The highest BCUT2D eigenvalue weighted by atomic mass is 15.4. The second kappa shape index (κ2) is 3.67. The molecule has 4 nitrogen and oxygen atoms in total. The topological polar surface area (TPSA) is 56.7 Å². The Labute approximate surface area is 72.8 Å². The molecule has 1 aromatic heterocycles. The van der Waals surface area contributed by atoms with Crippen molar-refractivity contribution in [3.8, 4) is 0 Å². The Morgan fingerprint density at radius 2 is 2.25 bits per heavy atom. The molecule has 0 saturated heterocycles. The van der Waals surface area contributed by atoms with Crippen LogP contribution in [-0.4, -0.2) is 15.0 Å². The summed E-state index contributed by atoms with van der Waals surface area (Å²) in [7, 11) is 1.85. The lowest BCUT2D eigenvalue weighted by Crippen LogP contribution is -2.13. The van der Waals surface area contributed by atoms with Crippen molar-refractivity contribution in [2.45, 2.75) is 26.3 Å². The van der Waals surface area contributed by atoms with E-state index < -0.39 is 0 Å². The molecule has 2 N–H and O–H groups in total. The van der Waals surface area contributed by atoms with Crippen molar-refractivity contribution in [3.63, 3.8) is 0 Å². The molecule has 0 fully saturated rings. The number of hydrogen-bond donors (Lipinski definition) is 1. The van der Waals surface area contributed by atoms with Crippen LogP contribution in [0.1, 0.15) is 32.0 Å². The molecule has 0 saturated carbocycles. The maximum Gasteiger partial charge on any atom is 0.0994 e. The first kappa shape index (κ1) is 9.19. The zero-order valence-corrected chi connectivity index (χ0v) is 7.86. The fourth-order valence-electron chi connectivity index (χ4n) is 1.16. The van der Waals surface area contributed by atoms with Gasteiger partial charge in [-0.05, 0) is 12.3 Å². The molecular formula is C8H16N4. The van der Waals surface area contributed by atoms with Gasteiger partial charge in [0.2, 0.25) is 0 Å². The van der Waals surface area contributed by atoms with E-state index in [0.29, 0.717) is 5.92 Å². The monoisotopic (exact) mass is 168 g/mol. The van der Waals surface area contributed by atoms with Crippen LogP contribution in [0, 0.1) is 5.92 Å². The molecule has 68 valence electrons. The number of aryl methyl sites for hydroxylation is 1. The standard InChI is InChI=1S/C8H16N4/c1-6(2)4-7(9)8-5-12(3)11-10-8/h5-7H,4,9H2,1-3H3. The van der Waals surface area contributed by atoms with Crippen LogP contribution in [0.25, 0.3) is 0 Å². The van der Waals surface area contributed by atoms with E-state index in [0.717, 1.165) is 12.1 Å². The van der Waals surface area contributed by atoms with E-state index in [1.807, 2.05) is 13.2 Å². The fraction of sp³-hybridized carbons (Fsp3) is 0.750. The summed E-state index contributed by atoms with van der Waals surface area (Å²) < 4.78 is 1.68. The predicted octanol–water partition coefficient (Wildman–Crippen LogP) is 0.861. The summed E-state index contributed by atoms with van der Waals surface area (Å²) in [5.41, 5.74) is 6.77. The van der Waals surface area contributed by atoms with Crippen molar-refractivity contribution in [2.24, 2.45) is 18.7 Å². The molecule has 1 atom stereocenters. The maximum absolute atomic E-state index is 5.89. The van der Waals surface area contributed by atoms with Crippen molar-refractivity contribution in [3.05, 3.63) is 11.9 Å². The molecule has 4 heteroatoms. The minimum Gasteiger partial charge on any atom is -0.323 e. The molecule has 0 amide bonds. The predicted molar refractivity (Wildman–Crippen MR) is 47.4 cm³/mol. The second-order valence-electron chi connectivity index (χ2n) is 3.55. The summed E-state index contributed by atoms with van der Waals surface area (Å²) in [4.78, 5) is 0.